The Labute approximate surface area is 102 Å². The maximum atomic E-state index is 5.70. The molecule has 1 aromatic heterocycles. The summed E-state index contributed by atoms with van der Waals surface area (Å²) in [5.41, 5.74) is 7.07. The second kappa shape index (κ2) is 5.28. The first-order valence-corrected chi connectivity index (χ1v) is 7.24. The summed E-state index contributed by atoms with van der Waals surface area (Å²) in [5.74, 6) is 1.33. The van der Waals surface area contributed by atoms with E-state index in [0.717, 1.165) is 5.92 Å². The largest absolute Gasteiger partial charge is 0.330 e. The maximum absolute atomic E-state index is 5.70. The highest BCUT2D eigenvalue weighted by Gasteiger charge is 2.23. The van der Waals surface area contributed by atoms with Crippen LogP contribution in [0.15, 0.2) is 0 Å². The van der Waals surface area contributed by atoms with E-state index in [1.54, 1.807) is 4.88 Å². The summed E-state index contributed by atoms with van der Waals surface area (Å²) < 4.78 is 0. The lowest BCUT2D eigenvalue weighted by Crippen LogP contribution is -2.12. The fraction of sp³-hybridized carbons (Fsp3) is 0.769. The topological polar surface area (TPSA) is 38.9 Å². The third kappa shape index (κ3) is 2.46. The van der Waals surface area contributed by atoms with Crippen LogP contribution in [-0.4, -0.2) is 11.5 Å². The molecule has 2 nitrogen and oxygen atoms in total. The van der Waals surface area contributed by atoms with Crippen molar-refractivity contribution in [1.82, 2.24) is 4.98 Å². The van der Waals surface area contributed by atoms with Crippen molar-refractivity contribution < 1.29 is 0 Å². The summed E-state index contributed by atoms with van der Waals surface area (Å²) >= 11 is 1.91. The smallest absolute Gasteiger partial charge is 0.0971 e. The number of rotatable bonds is 4. The molecule has 0 radical (unpaired) electrons. The SMILES string of the molecule is CCCC1CCc2nc(C(C)CN)sc2C1. The van der Waals surface area contributed by atoms with Crippen molar-refractivity contribution in [3.8, 4) is 0 Å². The van der Waals surface area contributed by atoms with E-state index in [9.17, 15) is 0 Å². The molecule has 1 aromatic rings. The predicted molar refractivity (Wildman–Crippen MR) is 70.0 cm³/mol. The van der Waals surface area contributed by atoms with Gasteiger partial charge in [-0.25, -0.2) is 4.98 Å². The highest BCUT2D eigenvalue weighted by atomic mass is 32.1. The van der Waals surface area contributed by atoms with Gasteiger partial charge in [-0.2, -0.15) is 0 Å². The fourth-order valence-corrected chi connectivity index (χ4v) is 3.72. The highest BCUT2D eigenvalue weighted by Crippen LogP contribution is 2.34. The Hall–Kier alpha value is -0.410. The van der Waals surface area contributed by atoms with Crippen molar-refractivity contribution in [2.75, 3.05) is 6.54 Å². The van der Waals surface area contributed by atoms with Gasteiger partial charge in [-0.05, 0) is 25.2 Å². The van der Waals surface area contributed by atoms with Crippen LogP contribution >= 0.6 is 11.3 Å². The van der Waals surface area contributed by atoms with E-state index in [1.807, 2.05) is 11.3 Å². The lowest BCUT2D eigenvalue weighted by Gasteiger charge is -2.20. The van der Waals surface area contributed by atoms with Gasteiger partial charge in [0.25, 0.3) is 0 Å². The summed E-state index contributed by atoms with van der Waals surface area (Å²) in [5, 5.41) is 1.25. The van der Waals surface area contributed by atoms with E-state index >= 15 is 0 Å². The first-order valence-electron chi connectivity index (χ1n) is 6.43. The van der Waals surface area contributed by atoms with E-state index < -0.39 is 0 Å². The molecule has 2 atom stereocenters. The Bertz CT molecular complexity index is 346. The number of aromatic nitrogens is 1. The molecule has 0 spiro atoms. The molecule has 1 aliphatic carbocycles. The zero-order chi connectivity index (χ0) is 11.5. The van der Waals surface area contributed by atoms with Gasteiger partial charge < -0.3 is 5.73 Å². The van der Waals surface area contributed by atoms with Crippen LogP contribution in [0.25, 0.3) is 0 Å². The summed E-state index contributed by atoms with van der Waals surface area (Å²) in [4.78, 5) is 6.30. The molecule has 2 rings (SSSR count). The van der Waals surface area contributed by atoms with Crippen molar-refractivity contribution in [3.63, 3.8) is 0 Å². The average Bonchev–Trinajstić information content (AvgIpc) is 2.71. The highest BCUT2D eigenvalue weighted by molar-refractivity contribution is 7.11. The quantitative estimate of drug-likeness (QED) is 0.875. The zero-order valence-electron chi connectivity index (χ0n) is 10.3. The third-order valence-corrected chi connectivity index (χ3v) is 4.88. The van der Waals surface area contributed by atoms with Crippen LogP contribution in [0.5, 0.6) is 0 Å². The van der Waals surface area contributed by atoms with E-state index in [2.05, 4.69) is 13.8 Å². The van der Waals surface area contributed by atoms with Crippen LogP contribution < -0.4 is 5.73 Å². The van der Waals surface area contributed by atoms with E-state index in [0.29, 0.717) is 12.5 Å². The Morgan fingerprint density at radius 2 is 2.38 bits per heavy atom. The van der Waals surface area contributed by atoms with Crippen LogP contribution in [0.3, 0.4) is 0 Å². The van der Waals surface area contributed by atoms with Gasteiger partial charge in [0.05, 0.1) is 10.7 Å². The van der Waals surface area contributed by atoms with Crippen LogP contribution in [0.1, 0.15) is 54.6 Å². The van der Waals surface area contributed by atoms with Crippen LogP contribution in [0.2, 0.25) is 0 Å². The molecule has 1 aliphatic rings. The molecule has 0 aromatic carbocycles. The predicted octanol–water partition coefficient (Wildman–Crippen LogP) is 3.11. The number of nitrogens with two attached hydrogens (primary N) is 1. The molecule has 0 bridgehead atoms. The zero-order valence-corrected chi connectivity index (χ0v) is 11.1. The lowest BCUT2D eigenvalue weighted by atomic mass is 9.88. The first kappa shape index (κ1) is 12.1. The van der Waals surface area contributed by atoms with E-state index in [4.69, 9.17) is 10.7 Å². The number of aryl methyl sites for hydroxylation is 1. The Kier molecular flexibility index (Phi) is 3.98. The average molecular weight is 238 g/mol. The fourth-order valence-electron chi connectivity index (χ4n) is 2.43. The van der Waals surface area contributed by atoms with E-state index in [1.165, 1.54) is 42.8 Å². The van der Waals surface area contributed by atoms with Crippen LogP contribution in [-0.2, 0) is 12.8 Å². The van der Waals surface area contributed by atoms with Crippen molar-refractivity contribution in [3.05, 3.63) is 15.6 Å². The van der Waals surface area contributed by atoms with Gasteiger partial charge in [0, 0.05) is 17.3 Å². The summed E-state index contributed by atoms with van der Waals surface area (Å²) in [6.07, 6.45) is 6.47. The standard InChI is InChI=1S/C13H22N2S/c1-3-4-10-5-6-11-12(7-10)16-13(15-11)9(2)8-14/h9-10H,3-8,14H2,1-2H3. The monoisotopic (exact) mass is 238 g/mol. The first-order chi connectivity index (χ1) is 7.74. The Morgan fingerprint density at radius 3 is 3.06 bits per heavy atom. The van der Waals surface area contributed by atoms with Gasteiger partial charge in [0.15, 0.2) is 0 Å². The molecule has 0 amide bonds. The summed E-state index contributed by atoms with van der Waals surface area (Å²) in [7, 11) is 0. The molecule has 0 fully saturated rings. The molecular formula is C13H22N2S. The molecule has 0 aliphatic heterocycles. The normalized spacial score (nSPS) is 21.8. The minimum absolute atomic E-state index is 0.431. The Morgan fingerprint density at radius 1 is 1.56 bits per heavy atom. The van der Waals surface area contributed by atoms with Crippen LogP contribution in [0, 0.1) is 5.92 Å². The second-order valence-corrected chi connectivity index (χ2v) is 6.07. The Balaban J connectivity index is 2.10. The van der Waals surface area contributed by atoms with Crippen LogP contribution in [0.4, 0.5) is 0 Å². The number of hydrogen-bond acceptors (Lipinski definition) is 3. The van der Waals surface area contributed by atoms with Crippen molar-refractivity contribution >= 4 is 11.3 Å². The second-order valence-electron chi connectivity index (χ2n) is 4.96. The molecule has 1 heterocycles. The summed E-state index contributed by atoms with van der Waals surface area (Å²) in [6, 6.07) is 0. The van der Waals surface area contributed by atoms with Crippen molar-refractivity contribution in [2.45, 2.75) is 51.9 Å². The molecule has 16 heavy (non-hydrogen) atoms. The van der Waals surface area contributed by atoms with Gasteiger partial charge in [-0.1, -0.05) is 26.7 Å². The number of nitrogens with zero attached hydrogens (tertiary/aromatic N) is 1. The van der Waals surface area contributed by atoms with Crippen molar-refractivity contribution in [2.24, 2.45) is 11.7 Å². The minimum Gasteiger partial charge on any atom is -0.330 e. The molecule has 0 saturated carbocycles. The van der Waals surface area contributed by atoms with Gasteiger partial charge in [0.1, 0.15) is 0 Å². The maximum Gasteiger partial charge on any atom is 0.0971 e. The molecule has 2 N–H and O–H groups in total. The van der Waals surface area contributed by atoms with E-state index in [-0.39, 0.29) is 0 Å². The van der Waals surface area contributed by atoms with Gasteiger partial charge in [-0.3, -0.25) is 0 Å². The number of fused-ring (bicyclic) bond motifs is 1. The van der Waals surface area contributed by atoms with Gasteiger partial charge in [-0.15, -0.1) is 11.3 Å². The molecule has 3 heteroatoms. The van der Waals surface area contributed by atoms with Gasteiger partial charge >= 0.3 is 0 Å². The molecule has 2 unspecified atom stereocenters. The molecular weight excluding hydrogens is 216 g/mol. The third-order valence-electron chi connectivity index (χ3n) is 3.53. The van der Waals surface area contributed by atoms with Gasteiger partial charge in [0.2, 0.25) is 0 Å². The van der Waals surface area contributed by atoms with Crippen molar-refractivity contribution in [1.29, 1.82) is 0 Å². The molecule has 90 valence electrons. The molecule has 0 saturated heterocycles. The number of hydrogen-bond donors (Lipinski definition) is 1. The summed E-state index contributed by atoms with van der Waals surface area (Å²) in [6.45, 7) is 5.17. The minimum atomic E-state index is 0.431. The number of thiazole rings is 1. The lowest BCUT2D eigenvalue weighted by molar-refractivity contribution is 0.423.